The number of carbonyl (C=O) groups is 2. The Morgan fingerprint density at radius 2 is 1.50 bits per heavy atom. The summed E-state index contributed by atoms with van der Waals surface area (Å²) in [6, 6.07) is 13.5. The minimum absolute atomic E-state index is 0.105. The van der Waals surface area contributed by atoms with E-state index in [1.807, 2.05) is 0 Å². The van der Waals surface area contributed by atoms with Gasteiger partial charge in [0.25, 0.3) is 0 Å². The molecule has 0 spiro atoms. The zero-order valence-corrected chi connectivity index (χ0v) is 15.8. The van der Waals surface area contributed by atoms with Crippen molar-refractivity contribution in [2.24, 2.45) is 5.92 Å². The Morgan fingerprint density at radius 1 is 0.923 bits per heavy atom. The average Bonchev–Trinajstić information content (AvgIpc) is 2.64. The zero-order valence-electron chi connectivity index (χ0n) is 15.0. The first-order valence-electron chi connectivity index (χ1n) is 8.65. The van der Waals surface area contributed by atoms with Crippen LogP contribution in [-0.4, -0.2) is 18.5 Å². The normalized spacial score (nSPS) is 10.6. The van der Waals surface area contributed by atoms with Crippen LogP contribution in [0.4, 0.5) is 0 Å². The molecule has 0 atom stereocenters. The fourth-order valence-electron chi connectivity index (χ4n) is 2.38. The summed E-state index contributed by atoms with van der Waals surface area (Å²) in [5, 5.41) is 0.616. The third-order valence-electron chi connectivity index (χ3n) is 3.81. The SMILES string of the molecule is CC(C)CCCOC(=O)c1ccccc1C(=O)OCc1ccc(Cl)cc1. The number of hydrogen-bond acceptors (Lipinski definition) is 4. The predicted molar refractivity (Wildman–Crippen MR) is 101 cm³/mol. The molecule has 26 heavy (non-hydrogen) atoms. The fourth-order valence-corrected chi connectivity index (χ4v) is 2.51. The molecule has 2 aromatic carbocycles. The standard InChI is InChI=1S/C21H23ClO4/c1-15(2)6-5-13-25-20(23)18-7-3-4-8-19(18)21(24)26-14-16-9-11-17(22)12-10-16/h3-4,7-12,15H,5-6,13-14H2,1-2H3. The van der Waals surface area contributed by atoms with Crippen molar-refractivity contribution in [2.45, 2.75) is 33.3 Å². The van der Waals surface area contributed by atoms with Gasteiger partial charge < -0.3 is 9.47 Å². The average molecular weight is 375 g/mol. The number of halogens is 1. The monoisotopic (exact) mass is 374 g/mol. The summed E-state index contributed by atoms with van der Waals surface area (Å²) in [5.41, 5.74) is 1.24. The molecule has 0 bridgehead atoms. The first-order chi connectivity index (χ1) is 12.5. The van der Waals surface area contributed by atoms with E-state index < -0.39 is 11.9 Å². The summed E-state index contributed by atoms with van der Waals surface area (Å²) in [4.78, 5) is 24.7. The first kappa shape index (κ1) is 20.0. The van der Waals surface area contributed by atoms with E-state index >= 15 is 0 Å². The lowest BCUT2D eigenvalue weighted by molar-refractivity contribution is 0.0435. The van der Waals surface area contributed by atoms with Gasteiger partial charge in [-0.25, -0.2) is 9.59 Å². The minimum Gasteiger partial charge on any atom is -0.462 e. The fraction of sp³-hybridized carbons (Fsp3) is 0.333. The van der Waals surface area contributed by atoms with Crippen LogP contribution in [-0.2, 0) is 16.1 Å². The molecule has 2 rings (SSSR count). The van der Waals surface area contributed by atoms with Crippen molar-refractivity contribution in [3.8, 4) is 0 Å². The molecule has 138 valence electrons. The Morgan fingerprint density at radius 3 is 2.08 bits per heavy atom. The number of carbonyl (C=O) groups excluding carboxylic acids is 2. The van der Waals surface area contributed by atoms with E-state index in [0.29, 0.717) is 17.5 Å². The van der Waals surface area contributed by atoms with E-state index in [4.69, 9.17) is 21.1 Å². The Hall–Kier alpha value is -2.33. The highest BCUT2D eigenvalue weighted by Gasteiger charge is 2.19. The van der Waals surface area contributed by atoms with E-state index in [0.717, 1.165) is 18.4 Å². The molecule has 4 nitrogen and oxygen atoms in total. The van der Waals surface area contributed by atoms with Gasteiger partial charge in [0.1, 0.15) is 6.61 Å². The molecule has 0 aliphatic carbocycles. The highest BCUT2D eigenvalue weighted by molar-refractivity contribution is 6.30. The third-order valence-corrected chi connectivity index (χ3v) is 4.06. The summed E-state index contributed by atoms with van der Waals surface area (Å²) in [6.45, 7) is 4.68. The second-order valence-corrected chi connectivity index (χ2v) is 6.86. The number of rotatable bonds is 8. The maximum absolute atomic E-state index is 12.4. The molecule has 0 saturated carbocycles. The van der Waals surface area contributed by atoms with Crippen LogP contribution in [0.3, 0.4) is 0 Å². The summed E-state index contributed by atoms with van der Waals surface area (Å²) < 4.78 is 10.6. The highest BCUT2D eigenvalue weighted by atomic mass is 35.5. The van der Waals surface area contributed by atoms with E-state index in [1.165, 1.54) is 0 Å². The quantitative estimate of drug-likeness (QED) is 0.465. The molecule has 0 heterocycles. The van der Waals surface area contributed by atoms with Crippen LogP contribution in [0.2, 0.25) is 5.02 Å². The van der Waals surface area contributed by atoms with Gasteiger partial charge >= 0.3 is 11.9 Å². The van der Waals surface area contributed by atoms with Gasteiger partial charge in [0.15, 0.2) is 0 Å². The van der Waals surface area contributed by atoms with Crippen LogP contribution in [0.5, 0.6) is 0 Å². The molecule has 0 amide bonds. The molecule has 2 aromatic rings. The van der Waals surface area contributed by atoms with Crippen LogP contribution in [0.1, 0.15) is 53.0 Å². The molecule has 5 heteroatoms. The van der Waals surface area contributed by atoms with Crippen LogP contribution in [0, 0.1) is 5.92 Å². The van der Waals surface area contributed by atoms with Crippen molar-refractivity contribution in [3.05, 3.63) is 70.2 Å². The number of ether oxygens (including phenoxy) is 2. The number of hydrogen-bond donors (Lipinski definition) is 0. The van der Waals surface area contributed by atoms with Gasteiger partial charge in [-0.15, -0.1) is 0 Å². The van der Waals surface area contributed by atoms with Gasteiger partial charge in [-0.2, -0.15) is 0 Å². The molecular formula is C21H23ClO4. The molecule has 0 saturated heterocycles. The van der Waals surface area contributed by atoms with Crippen molar-refractivity contribution in [1.82, 2.24) is 0 Å². The second-order valence-electron chi connectivity index (χ2n) is 6.42. The van der Waals surface area contributed by atoms with Crippen molar-refractivity contribution in [2.75, 3.05) is 6.61 Å². The summed E-state index contributed by atoms with van der Waals surface area (Å²) >= 11 is 5.84. The van der Waals surface area contributed by atoms with E-state index in [-0.39, 0.29) is 17.7 Å². The first-order valence-corrected chi connectivity index (χ1v) is 9.03. The summed E-state index contributed by atoms with van der Waals surface area (Å²) in [7, 11) is 0. The van der Waals surface area contributed by atoms with Crippen molar-refractivity contribution in [1.29, 1.82) is 0 Å². The maximum atomic E-state index is 12.4. The van der Waals surface area contributed by atoms with E-state index in [2.05, 4.69) is 13.8 Å². The van der Waals surface area contributed by atoms with Crippen molar-refractivity contribution < 1.29 is 19.1 Å². The van der Waals surface area contributed by atoms with Gasteiger partial charge in [0, 0.05) is 5.02 Å². The molecule has 0 aliphatic rings. The molecule has 0 N–H and O–H groups in total. The third kappa shape index (κ3) is 6.19. The van der Waals surface area contributed by atoms with Gasteiger partial charge in [-0.3, -0.25) is 0 Å². The predicted octanol–water partition coefficient (Wildman–Crippen LogP) is 5.29. The van der Waals surface area contributed by atoms with Gasteiger partial charge in [-0.05, 0) is 48.6 Å². The molecule has 0 aromatic heterocycles. The summed E-state index contributed by atoms with van der Waals surface area (Å²) in [6.07, 6.45) is 1.78. The lowest BCUT2D eigenvalue weighted by Gasteiger charge is -2.10. The Bertz CT molecular complexity index is 738. The lowest BCUT2D eigenvalue weighted by atomic mass is 10.1. The van der Waals surface area contributed by atoms with Crippen LogP contribution >= 0.6 is 11.6 Å². The van der Waals surface area contributed by atoms with Gasteiger partial charge in [0.2, 0.25) is 0 Å². The summed E-state index contributed by atoms with van der Waals surface area (Å²) in [5.74, 6) is -0.508. The van der Waals surface area contributed by atoms with Crippen LogP contribution in [0.25, 0.3) is 0 Å². The van der Waals surface area contributed by atoms with Crippen LogP contribution in [0.15, 0.2) is 48.5 Å². The molecule has 0 fully saturated rings. The largest absolute Gasteiger partial charge is 0.462 e. The Labute approximate surface area is 159 Å². The smallest absolute Gasteiger partial charge is 0.339 e. The van der Waals surface area contributed by atoms with Crippen molar-refractivity contribution in [3.63, 3.8) is 0 Å². The molecular weight excluding hydrogens is 352 g/mol. The lowest BCUT2D eigenvalue weighted by Crippen LogP contribution is -2.14. The molecule has 0 radical (unpaired) electrons. The van der Waals surface area contributed by atoms with Gasteiger partial charge in [0.05, 0.1) is 17.7 Å². The second kappa shape index (κ2) is 9.97. The van der Waals surface area contributed by atoms with Gasteiger partial charge in [-0.1, -0.05) is 49.7 Å². The molecule has 0 unspecified atom stereocenters. The topological polar surface area (TPSA) is 52.6 Å². The molecule has 0 aliphatic heterocycles. The zero-order chi connectivity index (χ0) is 18.9. The number of esters is 2. The highest BCUT2D eigenvalue weighted by Crippen LogP contribution is 2.15. The Balaban J connectivity index is 1.97. The number of benzene rings is 2. The maximum Gasteiger partial charge on any atom is 0.339 e. The Kier molecular flexibility index (Phi) is 7.67. The van der Waals surface area contributed by atoms with Crippen LogP contribution < -0.4 is 0 Å². The van der Waals surface area contributed by atoms with Crippen molar-refractivity contribution >= 4 is 23.5 Å². The van der Waals surface area contributed by atoms with E-state index in [9.17, 15) is 9.59 Å². The van der Waals surface area contributed by atoms with E-state index in [1.54, 1.807) is 48.5 Å². The minimum atomic E-state index is -0.560.